The standard InChI is InChI=1S/C25H28N6O2S/c1-17-13-18(2)15-21(14-17)28-23(33)22-5-4-7-26-24(22)34-16-20-6-8-27-25(29-20)31-11-9-30(10-12-31)19(3)32/h4-8,13-15H,9-12,16H2,1-3H3,(H,28,33). The summed E-state index contributed by atoms with van der Waals surface area (Å²) in [7, 11) is 0. The first-order chi connectivity index (χ1) is 16.4. The second kappa shape index (κ2) is 10.6. The Kier molecular flexibility index (Phi) is 7.42. The molecule has 1 N–H and O–H groups in total. The number of amides is 2. The minimum atomic E-state index is -0.188. The molecule has 1 fully saturated rings. The van der Waals surface area contributed by atoms with E-state index in [0.29, 0.717) is 48.5 Å². The Morgan fingerprint density at radius 2 is 1.74 bits per heavy atom. The Morgan fingerprint density at radius 1 is 1.00 bits per heavy atom. The molecule has 176 valence electrons. The number of nitrogens with one attached hydrogen (secondary N) is 1. The summed E-state index contributed by atoms with van der Waals surface area (Å²) in [6.45, 7) is 8.37. The zero-order valence-electron chi connectivity index (χ0n) is 19.6. The van der Waals surface area contributed by atoms with Crippen LogP contribution < -0.4 is 10.2 Å². The van der Waals surface area contributed by atoms with E-state index >= 15 is 0 Å². The van der Waals surface area contributed by atoms with E-state index in [-0.39, 0.29) is 11.8 Å². The molecular formula is C25H28N6O2S. The van der Waals surface area contributed by atoms with Crippen LogP contribution in [-0.2, 0) is 10.5 Å². The summed E-state index contributed by atoms with van der Waals surface area (Å²) >= 11 is 1.47. The summed E-state index contributed by atoms with van der Waals surface area (Å²) in [6, 6.07) is 11.4. The van der Waals surface area contributed by atoms with Gasteiger partial charge in [-0.15, -0.1) is 0 Å². The number of nitrogens with zero attached hydrogens (tertiary/aromatic N) is 5. The van der Waals surface area contributed by atoms with E-state index in [1.807, 2.05) is 36.9 Å². The lowest BCUT2D eigenvalue weighted by atomic mass is 10.1. The lowest BCUT2D eigenvalue weighted by molar-refractivity contribution is -0.129. The van der Waals surface area contributed by atoms with Gasteiger partial charge in [0.05, 0.1) is 11.3 Å². The SMILES string of the molecule is CC(=O)N1CCN(c2nccc(CSc3ncccc3C(=O)Nc3cc(C)cc(C)c3)n2)CC1. The number of piperazine rings is 1. The van der Waals surface area contributed by atoms with Crippen LogP contribution in [0.5, 0.6) is 0 Å². The van der Waals surface area contributed by atoms with Crippen LogP contribution in [0.1, 0.15) is 34.1 Å². The number of benzene rings is 1. The molecule has 2 aromatic heterocycles. The monoisotopic (exact) mass is 476 g/mol. The van der Waals surface area contributed by atoms with Gasteiger partial charge in [-0.1, -0.05) is 17.8 Å². The van der Waals surface area contributed by atoms with Crippen molar-refractivity contribution in [3.05, 3.63) is 71.2 Å². The molecule has 0 bridgehead atoms. The molecule has 0 aliphatic carbocycles. The Balaban J connectivity index is 1.42. The van der Waals surface area contributed by atoms with E-state index in [1.165, 1.54) is 11.8 Å². The van der Waals surface area contributed by atoms with Crippen molar-refractivity contribution in [1.29, 1.82) is 0 Å². The van der Waals surface area contributed by atoms with Crippen molar-refractivity contribution in [2.75, 3.05) is 36.4 Å². The van der Waals surface area contributed by atoms with E-state index < -0.39 is 0 Å². The van der Waals surface area contributed by atoms with Gasteiger partial charge in [0.2, 0.25) is 11.9 Å². The first kappa shape index (κ1) is 23.7. The quantitative estimate of drug-likeness (QED) is 0.543. The van der Waals surface area contributed by atoms with E-state index in [0.717, 1.165) is 22.5 Å². The number of aromatic nitrogens is 3. The molecule has 0 atom stereocenters. The van der Waals surface area contributed by atoms with Crippen molar-refractivity contribution < 1.29 is 9.59 Å². The molecule has 1 aliphatic rings. The number of hydrogen-bond donors (Lipinski definition) is 1. The van der Waals surface area contributed by atoms with Crippen molar-refractivity contribution in [2.45, 2.75) is 31.6 Å². The molecule has 0 radical (unpaired) electrons. The normalized spacial score (nSPS) is 13.6. The van der Waals surface area contributed by atoms with Crippen LogP contribution in [0, 0.1) is 13.8 Å². The van der Waals surface area contributed by atoms with Gasteiger partial charge in [0.15, 0.2) is 0 Å². The van der Waals surface area contributed by atoms with Crippen LogP contribution in [0.2, 0.25) is 0 Å². The molecule has 1 aliphatic heterocycles. The Bertz CT molecular complexity index is 1170. The minimum absolute atomic E-state index is 0.0958. The molecule has 9 heteroatoms. The molecule has 1 aromatic carbocycles. The van der Waals surface area contributed by atoms with Crippen molar-refractivity contribution in [3.63, 3.8) is 0 Å². The zero-order chi connectivity index (χ0) is 24.1. The second-order valence-electron chi connectivity index (χ2n) is 8.32. The largest absolute Gasteiger partial charge is 0.339 e. The Labute approximate surface area is 203 Å². The summed E-state index contributed by atoms with van der Waals surface area (Å²) in [6.07, 6.45) is 3.44. The number of anilines is 2. The molecule has 0 spiro atoms. The Hall–Kier alpha value is -3.46. The number of pyridine rings is 1. The van der Waals surface area contributed by atoms with Gasteiger partial charge in [-0.05, 0) is 55.3 Å². The third kappa shape index (κ3) is 5.91. The molecule has 2 amide bonds. The number of thioether (sulfide) groups is 1. The average molecular weight is 477 g/mol. The van der Waals surface area contributed by atoms with Gasteiger partial charge >= 0.3 is 0 Å². The minimum Gasteiger partial charge on any atom is -0.339 e. The predicted molar refractivity (Wildman–Crippen MR) is 134 cm³/mol. The van der Waals surface area contributed by atoms with Crippen molar-refractivity contribution in [3.8, 4) is 0 Å². The summed E-state index contributed by atoms with van der Waals surface area (Å²) in [5.74, 6) is 1.13. The van der Waals surface area contributed by atoms with Gasteiger partial charge in [0, 0.05) is 56.9 Å². The van der Waals surface area contributed by atoms with Gasteiger partial charge in [0.25, 0.3) is 5.91 Å². The van der Waals surface area contributed by atoms with E-state index in [1.54, 1.807) is 31.5 Å². The highest BCUT2D eigenvalue weighted by molar-refractivity contribution is 7.98. The van der Waals surface area contributed by atoms with Gasteiger partial charge in [0.1, 0.15) is 5.03 Å². The zero-order valence-corrected chi connectivity index (χ0v) is 20.4. The van der Waals surface area contributed by atoms with Gasteiger partial charge in [-0.3, -0.25) is 9.59 Å². The van der Waals surface area contributed by atoms with Crippen molar-refractivity contribution in [2.24, 2.45) is 0 Å². The van der Waals surface area contributed by atoms with Gasteiger partial charge in [-0.25, -0.2) is 15.0 Å². The van der Waals surface area contributed by atoms with Crippen molar-refractivity contribution >= 4 is 35.2 Å². The van der Waals surface area contributed by atoms with Gasteiger partial charge < -0.3 is 15.1 Å². The van der Waals surface area contributed by atoms with Crippen molar-refractivity contribution in [1.82, 2.24) is 19.9 Å². The average Bonchev–Trinajstić information content (AvgIpc) is 2.82. The molecular weight excluding hydrogens is 448 g/mol. The lowest BCUT2D eigenvalue weighted by Gasteiger charge is -2.34. The molecule has 8 nitrogen and oxygen atoms in total. The maximum absolute atomic E-state index is 13.0. The third-order valence-corrected chi connectivity index (χ3v) is 6.60. The highest BCUT2D eigenvalue weighted by Crippen LogP contribution is 2.25. The van der Waals surface area contributed by atoms with E-state index in [2.05, 4.69) is 26.3 Å². The highest BCUT2D eigenvalue weighted by Gasteiger charge is 2.21. The smallest absolute Gasteiger partial charge is 0.258 e. The molecule has 3 heterocycles. The summed E-state index contributed by atoms with van der Waals surface area (Å²) < 4.78 is 0. The van der Waals surface area contributed by atoms with E-state index in [4.69, 9.17) is 4.98 Å². The fourth-order valence-electron chi connectivity index (χ4n) is 3.90. The molecule has 0 saturated carbocycles. The summed E-state index contributed by atoms with van der Waals surface area (Å²) in [5, 5.41) is 3.64. The molecule has 4 rings (SSSR count). The first-order valence-electron chi connectivity index (χ1n) is 11.2. The van der Waals surface area contributed by atoms with Crippen LogP contribution in [0.3, 0.4) is 0 Å². The topological polar surface area (TPSA) is 91.3 Å². The van der Waals surface area contributed by atoms with Crippen LogP contribution in [0.15, 0.2) is 53.8 Å². The summed E-state index contributed by atoms with van der Waals surface area (Å²) in [4.78, 5) is 42.0. The second-order valence-corrected chi connectivity index (χ2v) is 9.28. The Morgan fingerprint density at radius 3 is 2.44 bits per heavy atom. The van der Waals surface area contributed by atoms with Crippen LogP contribution in [0.4, 0.5) is 11.6 Å². The molecule has 1 saturated heterocycles. The van der Waals surface area contributed by atoms with Crippen LogP contribution >= 0.6 is 11.8 Å². The maximum atomic E-state index is 13.0. The summed E-state index contributed by atoms with van der Waals surface area (Å²) in [5.41, 5.74) is 4.35. The molecule has 3 aromatic rings. The number of hydrogen-bond acceptors (Lipinski definition) is 7. The van der Waals surface area contributed by atoms with Crippen LogP contribution in [-0.4, -0.2) is 57.8 Å². The molecule has 34 heavy (non-hydrogen) atoms. The maximum Gasteiger partial charge on any atom is 0.258 e. The van der Waals surface area contributed by atoms with Crippen LogP contribution in [0.25, 0.3) is 0 Å². The fraction of sp³-hybridized carbons (Fsp3) is 0.320. The molecule has 0 unspecified atom stereocenters. The fourth-order valence-corrected chi connectivity index (χ4v) is 4.80. The number of carbonyl (C=O) groups is 2. The first-order valence-corrected chi connectivity index (χ1v) is 12.2. The van der Waals surface area contributed by atoms with Gasteiger partial charge in [-0.2, -0.15) is 0 Å². The highest BCUT2D eigenvalue weighted by atomic mass is 32.2. The third-order valence-electron chi connectivity index (χ3n) is 5.56. The number of aryl methyl sites for hydroxylation is 2. The predicted octanol–water partition coefficient (Wildman–Crippen LogP) is 3.70. The lowest BCUT2D eigenvalue weighted by Crippen LogP contribution is -2.48. The number of rotatable bonds is 6. The number of carbonyl (C=O) groups excluding carboxylic acids is 2. The van der Waals surface area contributed by atoms with E-state index in [9.17, 15) is 9.59 Å².